The molecule has 2 aromatic rings. The molecule has 6 nitrogen and oxygen atoms in total. The number of carbonyl (C=O) groups is 1. The maximum Gasteiger partial charge on any atom is 0.265 e. The summed E-state index contributed by atoms with van der Waals surface area (Å²) in [6.45, 7) is 6.67. The molecule has 32 heavy (non-hydrogen) atoms. The van der Waals surface area contributed by atoms with Gasteiger partial charge in [0.25, 0.3) is 5.91 Å². The SMILES string of the molecule is CCCCN(CCCC)S(=O)(=O)c1ccc(NC(=O)C(C)Oc2ccc(Cl)cc2Cl)cc1. The average Bonchev–Trinajstić information content (AvgIpc) is 2.76. The van der Waals surface area contributed by atoms with E-state index in [0.717, 1.165) is 25.7 Å². The van der Waals surface area contributed by atoms with Gasteiger partial charge in [-0.2, -0.15) is 4.31 Å². The highest BCUT2D eigenvalue weighted by Gasteiger charge is 2.24. The standard InChI is InChI=1S/C23H30Cl2N2O4S/c1-4-6-14-27(15-7-5-2)32(29,30)20-11-9-19(10-12-20)26-23(28)17(3)31-22-13-8-18(24)16-21(22)25/h8-13,16-17H,4-7,14-15H2,1-3H3,(H,26,28). The number of unbranched alkanes of at least 4 members (excludes halogenated alkanes) is 2. The first-order chi connectivity index (χ1) is 15.2. The Kier molecular flexibility index (Phi) is 10.3. The lowest BCUT2D eigenvalue weighted by molar-refractivity contribution is -0.122. The third-order valence-corrected chi connectivity index (χ3v) is 7.29. The molecule has 0 aliphatic heterocycles. The van der Waals surface area contributed by atoms with Crippen LogP contribution < -0.4 is 10.1 Å². The predicted octanol–water partition coefficient (Wildman–Crippen LogP) is 5.99. The summed E-state index contributed by atoms with van der Waals surface area (Å²) in [6.07, 6.45) is 2.64. The summed E-state index contributed by atoms with van der Waals surface area (Å²) in [5.74, 6) is -0.0430. The molecule has 0 saturated carbocycles. The molecule has 0 spiro atoms. The molecule has 2 aromatic carbocycles. The zero-order valence-electron chi connectivity index (χ0n) is 18.6. The zero-order chi connectivity index (χ0) is 23.7. The fraction of sp³-hybridized carbons (Fsp3) is 0.435. The number of amides is 1. The van der Waals surface area contributed by atoms with Crippen LogP contribution in [0.5, 0.6) is 5.75 Å². The van der Waals surface area contributed by atoms with E-state index in [2.05, 4.69) is 5.32 Å². The minimum Gasteiger partial charge on any atom is -0.479 e. The van der Waals surface area contributed by atoms with Crippen molar-refractivity contribution in [2.24, 2.45) is 0 Å². The first-order valence-corrected chi connectivity index (χ1v) is 12.9. The van der Waals surface area contributed by atoms with Crippen LogP contribution in [0.4, 0.5) is 5.69 Å². The lowest BCUT2D eigenvalue weighted by Crippen LogP contribution is -2.33. The molecular weight excluding hydrogens is 471 g/mol. The molecule has 0 aliphatic carbocycles. The molecule has 0 radical (unpaired) electrons. The zero-order valence-corrected chi connectivity index (χ0v) is 20.9. The Labute approximate surface area is 200 Å². The number of nitrogens with zero attached hydrogens (tertiary/aromatic N) is 1. The molecule has 176 valence electrons. The molecule has 1 amide bonds. The molecule has 0 saturated heterocycles. The lowest BCUT2D eigenvalue weighted by atomic mass is 10.3. The van der Waals surface area contributed by atoms with Crippen molar-refractivity contribution in [3.63, 3.8) is 0 Å². The van der Waals surface area contributed by atoms with Gasteiger partial charge in [0.05, 0.1) is 9.92 Å². The highest BCUT2D eigenvalue weighted by molar-refractivity contribution is 7.89. The molecule has 1 atom stereocenters. The summed E-state index contributed by atoms with van der Waals surface area (Å²) in [5, 5.41) is 3.51. The van der Waals surface area contributed by atoms with Crippen molar-refractivity contribution in [3.8, 4) is 5.75 Å². The van der Waals surface area contributed by atoms with Crippen molar-refractivity contribution in [1.82, 2.24) is 4.31 Å². The second kappa shape index (κ2) is 12.4. The second-order valence-corrected chi connectivity index (χ2v) is 10.2. The fourth-order valence-electron chi connectivity index (χ4n) is 2.94. The summed E-state index contributed by atoms with van der Waals surface area (Å²) in [4.78, 5) is 12.7. The van der Waals surface area contributed by atoms with Gasteiger partial charge in [-0.1, -0.05) is 49.9 Å². The van der Waals surface area contributed by atoms with Gasteiger partial charge < -0.3 is 10.1 Å². The van der Waals surface area contributed by atoms with E-state index in [1.54, 1.807) is 35.5 Å². The van der Waals surface area contributed by atoms with Crippen LogP contribution in [0.25, 0.3) is 0 Å². The largest absolute Gasteiger partial charge is 0.479 e. The van der Waals surface area contributed by atoms with Crippen LogP contribution in [0.15, 0.2) is 47.4 Å². The summed E-state index contributed by atoms with van der Waals surface area (Å²) in [6, 6.07) is 10.9. The molecule has 1 N–H and O–H groups in total. The van der Waals surface area contributed by atoms with Crippen LogP contribution in [-0.4, -0.2) is 37.8 Å². The third kappa shape index (κ3) is 7.37. The molecule has 2 rings (SSSR count). The van der Waals surface area contributed by atoms with Gasteiger partial charge >= 0.3 is 0 Å². The molecule has 0 aromatic heterocycles. The van der Waals surface area contributed by atoms with E-state index in [-0.39, 0.29) is 10.8 Å². The molecule has 0 heterocycles. The Morgan fingerprint density at radius 1 is 1.03 bits per heavy atom. The smallest absolute Gasteiger partial charge is 0.265 e. The second-order valence-electron chi connectivity index (χ2n) is 7.46. The van der Waals surface area contributed by atoms with Gasteiger partial charge in [0.1, 0.15) is 5.75 Å². The van der Waals surface area contributed by atoms with Gasteiger partial charge in [0, 0.05) is 23.8 Å². The molecule has 0 aliphatic rings. The average molecular weight is 501 g/mol. The number of rotatable bonds is 12. The summed E-state index contributed by atoms with van der Waals surface area (Å²) < 4.78 is 33.2. The Morgan fingerprint density at radius 2 is 1.62 bits per heavy atom. The van der Waals surface area contributed by atoms with Crippen molar-refractivity contribution < 1.29 is 17.9 Å². The van der Waals surface area contributed by atoms with Crippen LogP contribution in [0.2, 0.25) is 10.0 Å². The number of ether oxygens (including phenoxy) is 1. The number of carbonyl (C=O) groups excluding carboxylic acids is 1. The maximum absolute atomic E-state index is 13.0. The lowest BCUT2D eigenvalue weighted by Gasteiger charge is -2.22. The molecule has 0 bridgehead atoms. The highest BCUT2D eigenvalue weighted by Crippen LogP contribution is 2.28. The van der Waals surface area contributed by atoms with Gasteiger partial charge in [-0.15, -0.1) is 0 Å². The first-order valence-electron chi connectivity index (χ1n) is 10.7. The van der Waals surface area contributed by atoms with Crippen molar-refractivity contribution in [3.05, 3.63) is 52.5 Å². The molecule has 9 heteroatoms. The van der Waals surface area contributed by atoms with Crippen molar-refractivity contribution in [2.45, 2.75) is 57.5 Å². The molecule has 1 unspecified atom stereocenters. The third-order valence-electron chi connectivity index (χ3n) is 4.85. The van der Waals surface area contributed by atoms with E-state index < -0.39 is 16.1 Å². The number of benzene rings is 2. The van der Waals surface area contributed by atoms with Crippen molar-refractivity contribution in [1.29, 1.82) is 0 Å². The van der Waals surface area contributed by atoms with E-state index in [1.165, 1.54) is 18.2 Å². The molecule has 0 fully saturated rings. The fourth-order valence-corrected chi connectivity index (χ4v) is 4.91. The normalized spacial score (nSPS) is 12.6. The van der Waals surface area contributed by atoms with Crippen LogP contribution in [0, 0.1) is 0 Å². The van der Waals surface area contributed by atoms with Crippen molar-refractivity contribution >= 4 is 44.8 Å². The topological polar surface area (TPSA) is 75.7 Å². The van der Waals surface area contributed by atoms with Crippen LogP contribution in [0.1, 0.15) is 46.5 Å². The van der Waals surface area contributed by atoms with Gasteiger partial charge in [-0.25, -0.2) is 8.42 Å². The van der Waals surface area contributed by atoms with Gasteiger partial charge in [-0.05, 0) is 62.2 Å². The van der Waals surface area contributed by atoms with E-state index in [4.69, 9.17) is 27.9 Å². The van der Waals surface area contributed by atoms with Crippen LogP contribution in [-0.2, 0) is 14.8 Å². The number of anilines is 1. The Morgan fingerprint density at radius 3 is 2.16 bits per heavy atom. The quantitative estimate of drug-likeness (QED) is 0.388. The van der Waals surface area contributed by atoms with Gasteiger partial charge in [0.15, 0.2) is 6.10 Å². The Hall–Kier alpha value is -1.80. The minimum absolute atomic E-state index is 0.208. The number of hydrogen-bond donors (Lipinski definition) is 1. The highest BCUT2D eigenvalue weighted by atomic mass is 35.5. The van der Waals surface area contributed by atoms with E-state index in [0.29, 0.717) is 34.6 Å². The van der Waals surface area contributed by atoms with E-state index in [9.17, 15) is 13.2 Å². The minimum atomic E-state index is -3.59. The number of hydrogen-bond acceptors (Lipinski definition) is 4. The van der Waals surface area contributed by atoms with Crippen LogP contribution in [0.3, 0.4) is 0 Å². The van der Waals surface area contributed by atoms with Crippen molar-refractivity contribution in [2.75, 3.05) is 18.4 Å². The Balaban J connectivity index is 2.06. The monoisotopic (exact) mass is 500 g/mol. The number of nitrogens with one attached hydrogen (secondary N) is 1. The van der Waals surface area contributed by atoms with E-state index in [1.807, 2.05) is 13.8 Å². The predicted molar refractivity (Wildman–Crippen MR) is 130 cm³/mol. The first kappa shape index (κ1) is 26.5. The maximum atomic E-state index is 13.0. The number of halogens is 2. The Bertz CT molecular complexity index is 990. The van der Waals surface area contributed by atoms with Crippen LogP contribution >= 0.6 is 23.2 Å². The summed E-state index contributed by atoms with van der Waals surface area (Å²) in [7, 11) is -3.59. The molecular formula is C23H30Cl2N2O4S. The van der Waals surface area contributed by atoms with Gasteiger partial charge in [0.2, 0.25) is 10.0 Å². The van der Waals surface area contributed by atoms with E-state index >= 15 is 0 Å². The summed E-state index contributed by atoms with van der Waals surface area (Å²) in [5.41, 5.74) is 0.472. The van der Waals surface area contributed by atoms with Gasteiger partial charge in [-0.3, -0.25) is 4.79 Å². The number of sulfonamides is 1. The summed E-state index contributed by atoms with van der Waals surface area (Å²) >= 11 is 12.0.